The van der Waals surface area contributed by atoms with Gasteiger partial charge in [0.05, 0.1) is 12.8 Å². The number of rotatable bonds is 7. The van der Waals surface area contributed by atoms with Crippen molar-refractivity contribution in [3.8, 4) is 5.75 Å². The molecule has 0 unspecified atom stereocenters. The van der Waals surface area contributed by atoms with Gasteiger partial charge in [-0.25, -0.2) is 8.42 Å². The molecule has 3 aromatic carbocycles. The molecule has 0 aliphatic carbocycles. The standard InChI is InChI=1S/C26H29N3O4S/c1-18-14-19(2)16-20(15-18)26(30)27-22-8-11-24(29-12-4-5-13-29)25(17-22)34(31,32)28-21-6-9-23(33-3)10-7-21/h6-11,14-17,28H,4-5,12-13H2,1-3H3,(H,27,30). The SMILES string of the molecule is COc1ccc(NS(=O)(=O)c2cc(NC(=O)c3cc(C)cc(C)c3)ccc2N2CCCC2)cc1. The van der Waals surface area contributed by atoms with Crippen molar-refractivity contribution in [1.29, 1.82) is 0 Å². The summed E-state index contributed by atoms with van der Waals surface area (Å²) in [4.78, 5) is 15.1. The van der Waals surface area contributed by atoms with Gasteiger partial charge in [-0.1, -0.05) is 17.2 Å². The van der Waals surface area contributed by atoms with E-state index in [0.717, 1.165) is 37.1 Å². The minimum Gasteiger partial charge on any atom is -0.497 e. The zero-order valence-electron chi connectivity index (χ0n) is 19.6. The van der Waals surface area contributed by atoms with Crippen LogP contribution in [0.1, 0.15) is 34.3 Å². The molecule has 1 heterocycles. The van der Waals surface area contributed by atoms with Crippen molar-refractivity contribution >= 4 is 33.0 Å². The second-order valence-electron chi connectivity index (χ2n) is 8.54. The molecule has 3 aromatic rings. The van der Waals surface area contributed by atoms with E-state index in [1.807, 2.05) is 32.0 Å². The van der Waals surface area contributed by atoms with Gasteiger partial charge in [0.2, 0.25) is 0 Å². The lowest BCUT2D eigenvalue weighted by molar-refractivity contribution is 0.102. The number of hydrogen-bond acceptors (Lipinski definition) is 5. The molecule has 1 fully saturated rings. The third kappa shape index (κ3) is 5.34. The highest BCUT2D eigenvalue weighted by Gasteiger charge is 2.25. The molecule has 0 radical (unpaired) electrons. The second kappa shape index (κ2) is 9.77. The fourth-order valence-electron chi connectivity index (χ4n) is 4.20. The van der Waals surface area contributed by atoms with Crippen LogP contribution in [-0.4, -0.2) is 34.5 Å². The highest BCUT2D eigenvalue weighted by atomic mass is 32.2. The molecule has 0 aromatic heterocycles. The Morgan fingerprint density at radius 1 is 0.882 bits per heavy atom. The molecule has 2 N–H and O–H groups in total. The Morgan fingerprint density at radius 2 is 1.50 bits per heavy atom. The zero-order valence-corrected chi connectivity index (χ0v) is 20.4. The van der Waals surface area contributed by atoms with E-state index >= 15 is 0 Å². The van der Waals surface area contributed by atoms with Gasteiger partial charge in [0, 0.05) is 30.0 Å². The fourth-order valence-corrected chi connectivity index (χ4v) is 5.52. The van der Waals surface area contributed by atoms with Gasteiger partial charge in [0.1, 0.15) is 10.6 Å². The van der Waals surface area contributed by atoms with Gasteiger partial charge in [-0.2, -0.15) is 0 Å². The average molecular weight is 480 g/mol. The van der Waals surface area contributed by atoms with Crippen LogP contribution in [0.5, 0.6) is 5.75 Å². The molecule has 1 aliphatic rings. The number of carbonyl (C=O) groups excluding carboxylic acids is 1. The van der Waals surface area contributed by atoms with Crippen LogP contribution in [0, 0.1) is 13.8 Å². The first-order valence-electron chi connectivity index (χ1n) is 11.2. The molecule has 0 atom stereocenters. The first-order chi connectivity index (χ1) is 16.2. The summed E-state index contributed by atoms with van der Waals surface area (Å²) in [6.45, 7) is 5.45. The molecule has 1 amide bonds. The molecule has 1 saturated heterocycles. The average Bonchev–Trinajstić information content (AvgIpc) is 3.33. The van der Waals surface area contributed by atoms with Crippen molar-refractivity contribution in [3.63, 3.8) is 0 Å². The molecule has 1 aliphatic heterocycles. The molecule has 4 rings (SSSR count). The maximum absolute atomic E-state index is 13.4. The number of sulfonamides is 1. The van der Waals surface area contributed by atoms with Crippen LogP contribution in [0.2, 0.25) is 0 Å². The molecular weight excluding hydrogens is 450 g/mol. The number of anilines is 3. The number of amides is 1. The smallest absolute Gasteiger partial charge is 0.264 e. The summed E-state index contributed by atoms with van der Waals surface area (Å²) in [5.41, 5.74) is 3.98. The summed E-state index contributed by atoms with van der Waals surface area (Å²) < 4.78 is 34.7. The molecule has 8 heteroatoms. The summed E-state index contributed by atoms with van der Waals surface area (Å²) in [7, 11) is -2.37. The van der Waals surface area contributed by atoms with Crippen molar-refractivity contribution in [3.05, 3.63) is 77.4 Å². The number of ether oxygens (including phenoxy) is 1. The zero-order chi connectivity index (χ0) is 24.3. The number of carbonyl (C=O) groups is 1. The summed E-state index contributed by atoms with van der Waals surface area (Å²) in [6.07, 6.45) is 2.02. The lowest BCUT2D eigenvalue weighted by Crippen LogP contribution is -2.23. The van der Waals surface area contributed by atoms with Gasteiger partial charge in [0.25, 0.3) is 15.9 Å². The summed E-state index contributed by atoms with van der Waals surface area (Å²) in [5.74, 6) is 0.351. The maximum atomic E-state index is 13.4. The number of benzene rings is 3. The number of hydrogen-bond donors (Lipinski definition) is 2. The van der Waals surface area contributed by atoms with Crippen molar-refractivity contribution in [2.45, 2.75) is 31.6 Å². The molecule has 178 valence electrons. The third-order valence-corrected chi connectivity index (χ3v) is 7.19. The Hall–Kier alpha value is -3.52. The largest absolute Gasteiger partial charge is 0.497 e. The van der Waals surface area contributed by atoms with E-state index in [9.17, 15) is 13.2 Å². The van der Waals surface area contributed by atoms with E-state index in [1.165, 1.54) is 6.07 Å². The van der Waals surface area contributed by atoms with Crippen molar-refractivity contribution in [1.82, 2.24) is 0 Å². The fraction of sp³-hybridized carbons (Fsp3) is 0.269. The van der Waals surface area contributed by atoms with Crippen LogP contribution >= 0.6 is 0 Å². The Labute approximate surface area is 200 Å². The van der Waals surface area contributed by atoms with Crippen molar-refractivity contribution in [2.24, 2.45) is 0 Å². The van der Waals surface area contributed by atoms with E-state index in [4.69, 9.17) is 4.74 Å². The van der Waals surface area contributed by atoms with Gasteiger partial charge in [-0.15, -0.1) is 0 Å². The maximum Gasteiger partial charge on any atom is 0.264 e. The molecule has 0 spiro atoms. The van der Waals surface area contributed by atoms with Gasteiger partial charge >= 0.3 is 0 Å². The molecule has 34 heavy (non-hydrogen) atoms. The van der Waals surface area contributed by atoms with Crippen molar-refractivity contribution in [2.75, 3.05) is 35.1 Å². The van der Waals surface area contributed by atoms with Crippen LogP contribution in [0.3, 0.4) is 0 Å². The number of aryl methyl sites for hydroxylation is 2. The minimum atomic E-state index is -3.92. The molecule has 0 bridgehead atoms. The lowest BCUT2D eigenvalue weighted by Gasteiger charge is -2.22. The highest BCUT2D eigenvalue weighted by molar-refractivity contribution is 7.92. The van der Waals surface area contributed by atoms with Gasteiger partial charge in [0.15, 0.2) is 0 Å². The predicted octanol–water partition coefficient (Wildman–Crippen LogP) is 4.97. The predicted molar refractivity (Wildman–Crippen MR) is 136 cm³/mol. The van der Waals surface area contributed by atoms with Crippen molar-refractivity contribution < 1.29 is 17.9 Å². The summed E-state index contributed by atoms with van der Waals surface area (Å²) >= 11 is 0. The van der Waals surface area contributed by atoms with E-state index in [2.05, 4.69) is 14.9 Å². The highest BCUT2D eigenvalue weighted by Crippen LogP contribution is 2.32. The quantitative estimate of drug-likeness (QED) is 0.500. The Morgan fingerprint density at radius 3 is 2.12 bits per heavy atom. The van der Waals surface area contributed by atoms with Crippen LogP contribution < -0.4 is 19.7 Å². The second-order valence-corrected chi connectivity index (χ2v) is 10.2. The number of nitrogens with zero attached hydrogens (tertiary/aromatic N) is 1. The molecular formula is C26H29N3O4S. The minimum absolute atomic E-state index is 0.128. The monoisotopic (exact) mass is 479 g/mol. The lowest BCUT2D eigenvalue weighted by atomic mass is 10.1. The van der Waals surface area contributed by atoms with Gasteiger partial charge in [-0.3, -0.25) is 9.52 Å². The molecule has 0 saturated carbocycles. The Kier molecular flexibility index (Phi) is 6.79. The third-order valence-electron chi connectivity index (χ3n) is 5.78. The van der Waals surface area contributed by atoms with Crippen LogP contribution in [0.15, 0.2) is 65.6 Å². The topological polar surface area (TPSA) is 87.7 Å². The van der Waals surface area contributed by atoms with Crippen LogP contribution in [0.4, 0.5) is 17.1 Å². The van der Waals surface area contributed by atoms with E-state index in [-0.39, 0.29) is 10.8 Å². The molecule has 7 nitrogen and oxygen atoms in total. The first-order valence-corrected chi connectivity index (χ1v) is 12.7. The van der Waals surface area contributed by atoms with Gasteiger partial charge in [-0.05, 0) is 81.3 Å². The van der Waals surface area contributed by atoms with E-state index in [0.29, 0.717) is 28.4 Å². The Balaban J connectivity index is 1.67. The summed E-state index contributed by atoms with van der Waals surface area (Å²) in [5, 5.41) is 2.86. The number of nitrogens with one attached hydrogen (secondary N) is 2. The summed E-state index contributed by atoms with van der Waals surface area (Å²) in [6, 6.07) is 17.4. The van der Waals surface area contributed by atoms with E-state index in [1.54, 1.807) is 43.5 Å². The number of methoxy groups -OCH3 is 1. The van der Waals surface area contributed by atoms with Crippen LogP contribution in [-0.2, 0) is 10.0 Å². The first kappa shape index (κ1) is 23.6. The Bertz CT molecular complexity index is 1280. The normalized spacial score (nSPS) is 13.6. The van der Waals surface area contributed by atoms with Gasteiger partial charge < -0.3 is 15.0 Å². The van der Waals surface area contributed by atoms with E-state index < -0.39 is 10.0 Å². The van der Waals surface area contributed by atoms with Crippen LogP contribution in [0.25, 0.3) is 0 Å².